The lowest BCUT2D eigenvalue weighted by Crippen LogP contribution is -2.38. The van der Waals surface area contributed by atoms with Crippen molar-refractivity contribution in [2.75, 3.05) is 13.1 Å². The SMILES string of the molecule is O=C(c1cc(F)ccc1F)N1CCC(c2c[nH]c3ccccc23)CC1. The van der Waals surface area contributed by atoms with Crippen molar-refractivity contribution >= 4 is 16.8 Å². The fourth-order valence-electron chi connectivity index (χ4n) is 3.66. The zero-order valence-electron chi connectivity index (χ0n) is 13.6. The monoisotopic (exact) mass is 340 g/mol. The van der Waals surface area contributed by atoms with Gasteiger partial charge in [0.1, 0.15) is 11.6 Å². The van der Waals surface area contributed by atoms with E-state index >= 15 is 0 Å². The molecule has 1 saturated heterocycles. The molecule has 0 spiro atoms. The van der Waals surface area contributed by atoms with E-state index in [4.69, 9.17) is 0 Å². The number of para-hydroxylation sites is 1. The molecular weight excluding hydrogens is 322 g/mol. The summed E-state index contributed by atoms with van der Waals surface area (Å²) in [5.74, 6) is -1.35. The smallest absolute Gasteiger partial charge is 0.256 e. The first kappa shape index (κ1) is 15.8. The average molecular weight is 340 g/mol. The lowest BCUT2D eigenvalue weighted by atomic mass is 9.89. The first-order valence-electron chi connectivity index (χ1n) is 8.44. The molecule has 0 saturated carbocycles. The number of hydrogen-bond acceptors (Lipinski definition) is 1. The molecule has 0 atom stereocenters. The summed E-state index contributed by atoms with van der Waals surface area (Å²) in [5.41, 5.74) is 2.18. The summed E-state index contributed by atoms with van der Waals surface area (Å²) in [6.45, 7) is 1.08. The zero-order chi connectivity index (χ0) is 17.4. The van der Waals surface area contributed by atoms with Crippen molar-refractivity contribution in [1.82, 2.24) is 9.88 Å². The number of H-pyrrole nitrogens is 1. The predicted octanol–water partition coefficient (Wildman–Crippen LogP) is 4.47. The maximum atomic E-state index is 13.8. The highest BCUT2D eigenvalue weighted by Crippen LogP contribution is 2.33. The minimum Gasteiger partial charge on any atom is -0.361 e. The van der Waals surface area contributed by atoms with Crippen molar-refractivity contribution in [3.63, 3.8) is 0 Å². The van der Waals surface area contributed by atoms with Crippen LogP contribution in [0.25, 0.3) is 10.9 Å². The first-order valence-corrected chi connectivity index (χ1v) is 8.44. The van der Waals surface area contributed by atoms with Crippen LogP contribution in [0.2, 0.25) is 0 Å². The van der Waals surface area contributed by atoms with Crippen LogP contribution in [0.4, 0.5) is 8.78 Å². The van der Waals surface area contributed by atoms with E-state index in [1.54, 1.807) is 4.90 Å². The summed E-state index contributed by atoms with van der Waals surface area (Å²) >= 11 is 0. The van der Waals surface area contributed by atoms with Crippen LogP contribution >= 0.6 is 0 Å². The van der Waals surface area contributed by atoms with Gasteiger partial charge in [-0.3, -0.25) is 4.79 Å². The van der Waals surface area contributed by atoms with Crippen molar-refractivity contribution in [3.05, 3.63) is 71.4 Å². The van der Waals surface area contributed by atoms with Gasteiger partial charge in [-0.1, -0.05) is 18.2 Å². The number of rotatable bonds is 2. The maximum Gasteiger partial charge on any atom is 0.256 e. The van der Waals surface area contributed by atoms with E-state index in [2.05, 4.69) is 11.1 Å². The zero-order valence-corrected chi connectivity index (χ0v) is 13.6. The third kappa shape index (κ3) is 2.90. The number of benzene rings is 2. The second-order valence-corrected chi connectivity index (χ2v) is 6.48. The van der Waals surface area contributed by atoms with E-state index in [1.165, 1.54) is 10.9 Å². The summed E-state index contributed by atoms with van der Waals surface area (Å²) in [4.78, 5) is 17.4. The van der Waals surface area contributed by atoms with Crippen LogP contribution in [0.15, 0.2) is 48.7 Å². The Hall–Kier alpha value is -2.69. The molecule has 3 aromatic rings. The van der Waals surface area contributed by atoms with Gasteiger partial charge in [-0.2, -0.15) is 0 Å². The number of hydrogen-bond donors (Lipinski definition) is 1. The van der Waals surface area contributed by atoms with E-state index < -0.39 is 17.5 Å². The molecule has 1 amide bonds. The molecule has 3 nitrogen and oxygen atoms in total. The Bertz CT molecular complexity index is 926. The number of fused-ring (bicyclic) bond motifs is 1. The van der Waals surface area contributed by atoms with E-state index in [9.17, 15) is 13.6 Å². The summed E-state index contributed by atoms with van der Waals surface area (Å²) in [6, 6.07) is 11.2. The summed E-state index contributed by atoms with van der Waals surface area (Å²) < 4.78 is 27.2. The third-order valence-corrected chi connectivity index (χ3v) is 5.00. The number of carbonyl (C=O) groups excluding carboxylic acids is 1. The number of aromatic amines is 1. The van der Waals surface area contributed by atoms with Crippen molar-refractivity contribution in [2.45, 2.75) is 18.8 Å². The molecule has 1 aliphatic rings. The minimum absolute atomic E-state index is 0.189. The van der Waals surface area contributed by atoms with Crippen LogP contribution in [0, 0.1) is 11.6 Å². The van der Waals surface area contributed by atoms with Crippen molar-refractivity contribution in [2.24, 2.45) is 0 Å². The molecule has 0 aliphatic carbocycles. The molecule has 1 aromatic heterocycles. The fourth-order valence-corrected chi connectivity index (χ4v) is 3.66. The van der Waals surface area contributed by atoms with Crippen LogP contribution in [0.1, 0.15) is 34.7 Å². The van der Waals surface area contributed by atoms with Gasteiger partial charge in [0.15, 0.2) is 0 Å². The van der Waals surface area contributed by atoms with Gasteiger partial charge in [0, 0.05) is 30.2 Å². The summed E-state index contributed by atoms with van der Waals surface area (Å²) in [7, 11) is 0. The molecule has 0 bridgehead atoms. The normalized spacial score (nSPS) is 15.7. The number of aromatic nitrogens is 1. The number of nitrogens with one attached hydrogen (secondary N) is 1. The second kappa shape index (κ2) is 6.31. The Balaban J connectivity index is 1.50. The Morgan fingerprint density at radius 2 is 1.84 bits per heavy atom. The van der Waals surface area contributed by atoms with Gasteiger partial charge in [0.2, 0.25) is 0 Å². The van der Waals surface area contributed by atoms with Gasteiger partial charge in [-0.05, 0) is 48.6 Å². The van der Waals surface area contributed by atoms with Crippen molar-refractivity contribution in [1.29, 1.82) is 0 Å². The molecule has 128 valence electrons. The van der Waals surface area contributed by atoms with Crippen LogP contribution in [0.5, 0.6) is 0 Å². The Morgan fingerprint density at radius 1 is 1.08 bits per heavy atom. The Morgan fingerprint density at radius 3 is 2.64 bits per heavy atom. The third-order valence-electron chi connectivity index (χ3n) is 5.00. The molecule has 4 rings (SSSR count). The van der Waals surface area contributed by atoms with Crippen LogP contribution in [-0.4, -0.2) is 28.9 Å². The maximum absolute atomic E-state index is 13.8. The molecule has 0 unspecified atom stereocenters. The molecule has 5 heteroatoms. The van der Waals surface area contributed by atoms with E-state index in [1.807, 2.05) is 24.4 Å². The van der Waals surface area contributed by atoms with Crippen LogP contribution in [0.3, 0.4) is 0 Å². The topological polar surface area (TPSA) is 36.1 Å². The number of amides is 1. The molecule has 1 aliphatic heterocycles. The van der Waals surface area contributed by atoms with Crippen molar-refractivity contribution < 1.29 is 13.6 Å². The highest BCUT2D eigenvalue weighted by molar-refractivity contribution is 5.94. The van der Waals surface area contributed by atoms with Gasteiger partial charge < -0.3 is 9.88 Å². The van der Waals surface area contributed by atoms with Crippen molar-refractivity contribution in [3.8, 4) is 0 Å². The molecule has 2 heterocycles. The molecule has 2 aromatic carbocycles. The van der Waals surface area contributed by atoms with Crippen LogP contribution in [-0.2, 0) is 0 Å². The molecular formula is C20H18F2N2O. The molecule has 1 N–H and O–H groups in total. The fraction of sp³-hybridized carbons (Fsp3) is 0.250. The quantitative estimate of drug-likeness (QED) is 0.734. The predicted molar refractivity (Wildman–Crippen MR) is 92.5 cm³/mol. The lowest BCUT2D eigenvalue weighted by molar-refractivity contribution is 0.0708. The highest BCUT2D eigenvalue weighted by atomic mass is 19.1. The number of carbonyl (C=O) groups is 1. The van der Waals surface area contributed by atoms with E-state index in [0.717, 1.165) is 36.6 Å². The van der Waals surface area contributed by atoms with Gasteiger partial charge in [0.05, 0.1) is 5.56 Å². The summed E-state index contributed by atoms with van der Waals surface area (Å²) in [5, 5.41) is 1.21. The van der Waals surface area contributed by atoms with Gasteiger partial charge in [-0.15, -0.1) is 0 Å². The highest BCUT2D eigenvalue weighted by Gasteiger charge is 2.27. The Labute approximate surface area is 144 Å². The number of halogens is 2. The molecule has 0 radical (unpaired) electrons. The second-order valence-electron chi connectivity index (χ2n) is 6.48. The lowest BCUT2D eigenvalue weighted by Gasteiger charge is -2.32. The first-order chi connectivity index (χ1) is 12.1. The summed E-state index contributed by atoms with van der Waals surface area (Å²) in [6.07, 6.45) is 3.66. The number of piperidine rings is 1. The average Bonchev–Trinajstić information content (AvgIpc) is 3.07. The van der Waals surface area contributed by atoms with E-state index in [0.29, 0.717) is 19.0 Å². The van der Waals surface area contributed by atoms with Gasteiger partial charge in [-0.25, -0.2) is 8.78 Å². The number of likely N-dealkylation sites (tertiary alicyclic amines) is 1. The minimum atomic E-state index is -0.676. The Kier molecular flexibility index (Phi) is 3.99. The molecule has 1 fully saturated rings. The van der Waals surface area contributed by atoms with Crippen LogP contribution < -0.4 is 0 Å². The largest absolute Gasteiger partial charge is 0.361 e. The van der Waals surface area contributed by atoms with E-state index in [-0.39, 0.29) is 5.56 Å². The number of nitrogens with zero attached hydrogens (tertiary/aromatic N) is 1. The van der Waals surface area contributed by atoms with Gasteiger partial charge >= 0.3 is 0 Å². The van der Waals surface area contributed by atoms with Gasteiger partial charge in [0.25, 0.3) is 5.91 Å². The molecule has 25 heavy (non-hydrogen) atoms. The standard InChI is InChI=1S/C20H18F2N2O/c21-14-5-6-18(22)16(11-14)20(25)24-9-7-13(8-10-24)17-12-23-19-4-2-1-3-15(17)19/h1-6,11-13,23H,7-10H2.